The molecule has 0 unspecified atom stereocenters. The quantitative estimate of drug-likeness (QED) is 0.257. The molecule has 40 heavy (non-hydrogen) atoms. The minimum absolute atomic E-state index is 0.0153. The van der Waals surface area contributed by atoms with Crippen LogP contribution in [0.1, 0.15) is 57.1 Å². The number of nitrogens with zero attached hydrogens (tertiary/aromatic N) is 4. The third kappa shape index (κ3) is 4.86. The van der Waals surface area contributed by atoms with Crippen molar-refractivity contribution in [3.8, 4) is 11.3 Å². The number of rotatable bonds is 6. The maximum absolute atomic E-state index is 13.1. The van der Waals surface area contributed by atoms with E-state index in [9.17, 15) is 9.59 Å². The Hall–Kier alpha value is -4.43. The van der Waals surface area contributed by atoms with Crippen molar-refractivity contribution in [3.63, 3.8) is 0 Å². The summed E-state index contributed by atoms with van der Waals surface area (Å²) in [6.45, 7) is 6.80. The van der Waals surface area contributed by atoms with Crippen molar-refractivity contribution in [2.75, 3.05) is 16.8 Å². The van der Waals surface area contributed by atoms with Crippen LogP contribution in [0.15, 0.2) is 66.0 Å². The van der Waals surface area contributed by atoms with E-state index in [1.165, 1.54) is 11.3 Å². The molecule has 2 aromatic heterocycles. The van der Waals surface area contributed by atoms with Crippen LogP contribution in [-0.2, 0) is 19.3 Å². The van der Waals surface area contributed by atoms with Crippen molar-refractivity contribution in [2.45, 2.75) is 40.0 Å². The summed E-state index contributed by atoms with van der Waals surface area (Å²) in [4.78, 5) is 42.1. The predicted molar refractivity (Wildman–Crippen MR) is 160 cm³/mol. The molecule has 0 spiro atoms. The van der Waals surface area contributed by atoms with Crippen molar-refractivity contribution in [1.29, 1.82) is 0 Å². The van der Waals surface area contributed by atoms with Gasteiger partial charge in [0.2, 0.25) is 0 Å². The Morgan fingerprint density at radius 1 is 0.875 bits per heavy atom. The Bertz CT molecular complexity index is 1760. The Kier molecular flexibility index (Phi) is 6.86. The smallest absolute Gasteiger partial charge is 0.258 e. The number of carbonyl (C=O) groups is 2. The normalized spacial score (nSPS) is 12.5. The van der Waals surface area contributed by atoms with Crippen molar-refractivity contribution in [2.24, 2.45) is 0 Å². The number of nitrogens with one attached hydrogen (secondary N) is 1. The van der Waals surface area contributed by atoms with E-state index in [1.54, 1.807) is 12.1 Å². The van der Waals surface area contributed by atoms with Gasteiger partial charge in [0.1, 0.15) is 0 Å². The van der Waals surface area contributed by atoms with Crippen LogP contribution >= 0.6 is 11.3 Å². The van der Waals surface area contributed by atoms with Crippen molar-refractivity contribution in [3.05, 3.63) is 99.7 Å². The number of aryl methyl sites for hydroxylation is 3. The van der Waals surface area contributed by atoms with Crippen LogP contribution in [0.5, 0.6) is 0 Å². The summed E-state index contributed by atoms with van der Waals surface area (Å²) in [5.41, 5.74) is 9.61. The van der Waals surface area contributed by atoms with E-state index < -0.39 is 0 Å². The first-order chi connectivity index (χ1) is 19.4. The minimum Gasteiger partial charge on any atom is -0.308 e. The highest BCUT2D eigenvalue weighted by atomic mass is 32.1. The second-order valence-electron chi connectivity index (χ2n) is 9.94. The van der Waals surface area contributed by atoms with Crippen molar-refractivity contribution < 1.29 is 9.59 Å². The van der Waals surface area contributed by atoms with Gasteiger partial charge in [-0.15, -0.1) is 11.3 Å². The Morgan fingerprint density at radius 3 is 2.35 bits per heavy atom. The fourth-order valence-electron chi connectivity index (χ4n) is 5.09. The number of amides is 2. The van der Waals surface area contributed by atoms with E-state index >= 15 is 0 Å². The predicted octanol–water partition coefficient (Wildman–Crippen LogP) is 6.64. The van der Waals surface area contributed by atoms with Crippen LogP contribution in [0.4, 0.5) is 10.8 Å². The summed E-state index contributed by atoms with van der Waals surface area (Å²) < 4.78 is 0. The maximum atomic E-state index is 13.1. The van der Waals surface area contributed by atoms with Crippen molar-refractivity contribution >= 4 is 45.0 Å². The fraction of sp³-hybridized carbons (Fsp3) is 0.219. The molecule has 2 amide bonds. The third-order valence-electron chi connectivity index (χ3n) is 7.29. The second kappa shape index (κ2) is 10.6. The molecule has 200 valence electrons. The highest BCUT2D eigenvalue weighted by Gasteiger charge is 2.26. The van der Waals surface area contributed by atoms with Crippen LogP contribution in [-0.4, -0.2) is 33.3 Å². The highest BCUT2D eigenvalue weighted by molar-refractivity contribution is 7.14. The van der Waals surface area contributed by atoms with Gasteiger partial charge in [-0.2, -0.15) is 0 Å². The lowest BCUT2D eigenvalue weighted by molar-refractivity contribution is 0.0987. The van der Waals surface area contributed by atoms with Crippen LogP contribution in [0.25, 0.3) is 22.3 Å². The van der Waals surface area contributed by atoms with Crippen molar-refractivity contribution in [1.82, 2.24) is 15.0 Å². The van der Waals surface area contributed by atoms with E-state index in [0.29, 0.717) is 22.8 Å². The summed E-state index contributed by atoms with van der Waals surface area (Å²) in [6.07, 6.45) is 2.42. The van der Waals surface area contributed by atoms with Gasteiger partial charge in [-0.3, -0.25) is 14.9 Å². The molecule has 0 aliphatic carbocycles. The molecule has 7 nitrogen and oxygen atoms in total. The van der Waals surface area contributed by atoms with Gasteiger partial charge in [0, 0.05) is 34.3 Å². The molecule has 1 aliphatic heterocycles. The Morgan fingerprint density at radius 2 is 1.60 bits per heavy atom. The van der Waals surface area contributed by atoms with Crippen LogP contribution in [0.2, 0.25) is 0 Å². The number of hydrogen-bond donors (Lipinski definition) is 1. The average molecular weight is 548 g/mol. The third-order valence-corrected chi connectivity index (χ3v) is 8.05. The van der Waals surface area contributed by atoms with Gasteiger partial charge in [-0.1, -0.05) is 37.6 Å². The van der Waals surface area contributed by atoms with E-state index in [1.807, 2.05) is 59.7 Å². The zero-order chi connectivity index (χ0) is 27.8. The molecule has 0 saturated carbocycles. The number of benzene rings is 3. The number of aromatic nitrogens is 3. The first kappa shape index (κ1) is 25.8. The summed E-state index contributed by atoms with van der Waals surface area (Å²) >= 11 is 1.38. The molecule has 3 heterocycles. The highest BCUT2D eigenvalue weighted by Crippen LogP contribution is 2.34. The average Bonchev–Trinajstić information content (AvgIpc) is 3.63. The molecule has 0 bridgehead atoms. The monoisotopic (exact) mass is 547 g/mol. The first-order valence-electron chi connectivity index (χ1n) is 13.5. The molecule has 0 fully saturated rings. The SMILES string of the molecule is CCc1nc2ccc(C(=O)Nc3nc(-c4ccc5c(c4)CCN5C(=O)c4ccc(C)cc4)cs3)cc2nc1CC. The lowest BCUT2D eigenvalue weighted by atomic mass is 10.1. The largest absolute Gasteiger partial charge is 0.308 e. The standard InChI is InChI=1S/C32H29N5O2S/c1-4-24-25(5-2)34-27-17-23(10-12-26(27)33-24)30(38)36-32-35-28(18-40-32)21-11-13-29-22(16-21)14-15-37(29)31(39)20-8-6-19(3)7-9-20/h6-13,16-18H,4-5,14-15H2,1-3H3,(H,35,36,38). The molecule has 8 heteroatoms. The van der Waals surface area contributed by atoms with Crippen LogP contribution < -0.4 is 10.2 Å². The number of carbonyl (C=O) groups excluding carboxylic acids is 2. The summed E-state index contributed by atoms with van der Waals surface area (Å²) in [6, 6.07) is 19.2. The van der Waals surface area contributed by atoms with E-state index in [-0.39, 0.29) is 11.8 Å². The maximum Gasteiger partial charge on any atom is 0.258 e. The van der Waals surface area contributed by atoms with Crippen LogP contribution in [0, 0.1) is 6.92 Å². The van der Waals surface area contributed by atoms with Gasteiger partial charge in [-0.05, 0) is 74.2 Å². The number of thiazole rings is 1. The van der Waals surface area contributed by atoms with Crippen LogP contribution in [0.3, 0.4) is 0 Å². The van der Waals surface area contributed by atoms with Gasteiger partial charge in [0.15, 0.2) is 5.13 Å². The lowest BCUT2D eigenvalue weighted by Gasteiger charge is -2.17. The molecular weight excluding hydrogens is 518 g/mol. The minimum atomic E-state index is -0.235. The van der Waals surface area contributed by atoms with Gasteiger partial charge in [0.05, 0.1) is 28.1 Å². The number of hydrogen-bond acceptors (Lipinski definition) is 6. The molecule has 0 atom stereocenters. The topological polar surface area (TPSA) is 88.1 Å². The fourth-order valence-corrected chi connectivity index (χ4v) is 5.81. The lowest BCUT2D eigenvalue weighted by Crippen LogP contribution is -2.28. The summed E-state index contributed by atoms with van der Waals surface area (Å²) in [7, 11) is 0. The van der Waals surface area contributed by atoms with Gasteiger partial charge in [-0.25, -0.2) is 15.0 Å². The number of anilines is 2. The first-order valence-corrected chi connectivity index (χ1v) is 14.4. The molecular formula is C32H29N5O2S. The number of fused-ring (bicyclic) bond motifs is 2. The van der Waals surface area contributed by atoms with Gasteiger partial charge >= 0.3 is 0 Å². The molecule has 0 saturated heterocycles. The Labute approximate surface area is 236 Å². The summed E-state index contributed by atoms with van der Waals surface area (Å²) in [5, 5.41) is 5.39. The van der Waals surface area contributed by atoms with E-state index in [0.717, 1.165) is 69.8 Å². The molecule has 1 aliphatic rings. The second-order valence-corrected chi connectivity index (χ2v) is 10.8. The molecule has 3 aromatic carbocycles. The Balaban J connectivity index is 1.18. The molecule has 6 rings (SSSR count). The van der Waals surface area contributed by atoms with Gasteiger partial charge < -0.3 is 4.90 Å². The molecule has 1 N–H and O–H groups in total. The molecule has 5 aromatic rings. The summed E-state index contributed by atoms with van der Waals surface area (Å²) in [5.74, 6) is -0.219. The van der Waals surface area contributed by atoms with E-state index in [2.05, 4.69) is 30.2 Å². The molecule has 0 radical (unpaired) electrons. The van der Waals surface area contributed by atoms with E-state index in [4.69, 9.17) is 9.97 Å². The zero-order valence-electron chi connectivity index (χ0n) is 22.7. The zero-order valence-corrected chi connectivity index (χ0v) is 23.5. The van der Waals surface area contributed by atoms with Gasteiger partial charge in [0.25, 0.3) is 11.8 Å².